The van der Waals surface area contributed by atoms with Gasteiger partial charge in [-0.15, -0.1) is 0 Å². The maximum absolute atomic E-state index is 13.7. The molecule has 1 unspecified atom stereocenters. The van der Waals surface area contributed by atoms with Crippen LogP contribution in [-0.4, -0.2) is 82.2 Å². The van der Waals surface area contributed by atoms with Crippen molar-refractivity contribution in [3.63, 3.8) is 0 Å². The molecule has 1 heterocycles. The summed E-state index contributed by atoms with van der Waals surface area (Å²) in [6.07, 6.45) is 0. The van der Waals surface area contributed by atoms with Crippen LogP contribution in [0.15, 0.2) is 42.5 Å². The number of methoxy groups -OCH3 is 3. The van der Waals surface area contributed by atoms with Gasteiger partial charge in [0.1, 0.15) is 6.54 Å². The second-order valence-corrected chi connectivity index (χ2v) is 8.04. The standard InChI is InChI=1S/C25H33N3O5/c1-18(19-8-6-5-7-9-19)16-28(17-23(29)27-12-10-26-11-13-27)25(30)20-14-21(31-2)24(33-4)22(15-20)32-3/h5-9,14-15,18,26H,10-13,16-17H2,1-4H3. The van der Waals surface area contributed by atoms with Gasteiger partial charge in [-0.25, -0.2) is 0 Å². The van der Waals surface area contributed by atoms with Gasteiger partial charge in [-0.05, 0) is 23.6 Å². The third-order valence-electron chi connectivity index (χ3n) is 5.86. The molecule has 2 amide bonds. The van der Waals surface area contributed by atoms with Crippen molar-refractivity contribution >= 4 is 11.8 Å². The second kappa shape index (κ2) is 11.6. The first-order chi connectivity index (χ1) is 16.0. The molecule has 1 aliphatic rings. The van der Waals surface area contributed by atoms with E-state index in [1.807, 2.05) is 30.3 Å². The number of carbonyl (C=O) groups is 2. The first-order valence-electron chi connectivity index (χ1n) is 11.1. The molecule has 0 aromatic heterocycles. The van der Waals surface area contributed by atoms with Crippen LogP contribution in [0, 0.1) is 0 Å². The Morgan fingerprint density at radius 3 is 2.15 bits per heavy atom. The van der Waals surface area contributed by atoms with Crippen molar-refractivity contribution in [2.24, 2.45) is 0 Å². The molecule has 0 spiro atoms. The van der Waals surface area contributed by atoms with E-state index in [1.165, 1.54) is 21.3 Å². The smallest absolute Gasteiger partial charge is 0.254 e. The molecular weight excluding hydrogens is 422 g/mol. The number of nitrogens with zero attached hydrogens (tertiary/aromatic N) is 2. The normalized spacial score (nSPS) is 14.4. The molecule has 2 aromatic carbocycles. The lowest BCUT2D eigenvalue weighted by molar-refractivity contribution is -0.132. The molecule has 1 aliphatic heterocycles. The average molecular weight is 456 g/mol. The van der Waals surface area contributed by atoms with Crippen LogP contribution in [0.4, 0.5) is 0 Å². The monoisotopic (exact) mass is 455 g/mol. The van der Waals surface area contributed by atoms with Crippen molar-refractivity contribution in [2.45, 2.75) is 12.8 Å². The molecule has 8 heteroatoms. The summed E-state index contributed by atoms with van der Waals surface area (Å²) in [7, 11) is 4.53. The molecule has 1 saturated heterocycles. The van der Waals surface area contributed by atoms with Gasteiger partial charge in [-0.1, -0.05) is 37.3 Å². The van der Waals surface area contributed by atoms with Gasteiger partial charge in [0.15, 0.2) is 11.5 Å². The third-order valence-corrected chi connectivity index (χ3v) is 5.86. The van der Waals surface area contributed by atoms with Crippen LogP contribution < -0.4 is 19.5 Å². The Labute approximate surface area is 195 Å². The topological polar surface area (TPSA) is 80.3 Å². The lowest BCUT2D eigenvalue weighted by Crippen LogP contribution is -2.50. The zero-order chi connectivity index (χ0) is 23.8. The number of ether oxygens (including phenoxy) is 3. The molecule has 2 aromatic rings. The van der Waals surface area contributed by atoms with Crippen LogP contribution in [0.3, 0.4) is 0 Å². The molecule has 0 saturated carbocycles. The quantitative estimate of drug-likeness (QED) is 0.626. The lowest BCUT2D eigenvalue weighted by atomic mass is 10.00. The van der Waals surface area contributed by atoms with Crippen LogP contribution in [0.5, 0.6) is 17.2 Å². The summed E-state index contributed by atoms with van der Waals surface area (Å²) in [5.41, 5.74) is 1.48. The molecule has 1 atom stereocenters. The van der Waals surface area contributed by atoms with Crippen LogP contribution in [0.2, 0.25) is 0 Å². The van der Waals surface area contributed by atoms with Gasteiger partial charge in [0.2, 0.25) is 11.7 Å². The van der Waals surface area contributed by atoms with Gasteiger partial charge < -0.3 is 29.3 Å². The Morgan fingerprint density at radius 2 is 1.61 bits per heavy atom. The van der Waals surface area contributed by atoms with E-state index < -0.39 is 0 Å². The van der Waals surface area contributed by atoms with Crippen molar-refractivity contribution in [2.75, 3.05) is 60.6 Å². The zero-order valence-electron chi connectivity index (χ0n) is 19.8. The molecule has 8 nitrogen and oxygen atoms in total. The largest absolute Gasteiger partial charge is 0.493 e. The molecule has 178 valence electrons. The van der Waals surface area contributed by atoms with Gasteiger partial charge >= 0.3 is 0 Å². The van der Waals surface area contributed by atoms with Gasteiger partial charge in [0.05, 0.1) is 21.3 Å². The summed E-state index contributed by atoms with van der Waals surface area (Å²) >= 11 is 0. The molecule has 1 fully saturated rings. The molecule has 0 aliphatic carbocycles. The number of hydrogen-bond acceptors (Lipinski definition) is 6. The van der Waals surface area contributed by atoms with Crippen LogP contribution in [0.1, 0.15) is 28.8 Å². The number of piperazine rings is 1. The van der Waals surface area contributed by atoms with E-state index in [4.69, 9.17) is 14.2 Å². The van der Waals surface area contributed by atoms with Crippen molar-refractivity contribution in [1.29, 1.82) is 0 Å². The maximum atomic E-state index is 13.7. The fourth-order valence-corrected chi connectivity index (χ4v) is 4.00. The summed E-state index contributed by atoms with van der Waals surface area (Å²) in [5, 5.41) is 3.25. The minimum atomic E-state index is -0.263. The van der Waals surface area contributed by atoms with Crippen molar-refractivity contribution in [3.05, 3.63) is 53.6 Å². The van der Waals surface area contributed by atoms with E-state index in [2.05, 4.69) is 12.2 Å². The minimum Gasteiger partial charge on any atom is -0.493 e. The number of carbonyl (C=O) groups excluding carboxylic acids is 2. The zero-order valence-corrected chi connectivity index (χ0v) is 19.8. The number of benzene rings is 2. The van der Waals surface area contributed by atoms with E-state index in [0.29, 0.717) is 42.4 Å². The van der Waals surface area contributed by atoms with Gasteiger partial charge in [-0.2, -0.15) is 0 Å². The Kier molecular flexibility index (Phi) is 8.54. The van der Waals surface area contributed by atoms with E-state index in [0.717, 1.165) is 18.7 Å². The summed E-state index contributed by atoms with van der Waals surface area (Å²) in [6, 6.07) is 13.2. The van der Waals surface area contributed by atoms with Gasteiger partial charge in [0, 0.05) is 38.3 Å². The predicted octanol–water partition coefficient (Wildman–Crippen LogP) is 2.39. The van der Waals surface area contributed by atoms with Gasteiger partial charge in [0.25, 0.3) is 5.91 Å². The number of hydrogen-bond donors (Lipinski definition) is 1. The molecule has 1 N–H and O–H groups in total. The highest BCUT2D eigenvalue weighted by molar-refractivity contribution is 5.97. The molecule has 33 heavy (non-hydrogen) atoms. The molecule has 3 rings (SSSR count). The fraction of sp³-hybridized carbons (Fsp3) is 0.440. The fourth-order valence-electron chi connectivity index (χ4n) is 4.00. The maximum Gasteiger partial charge on any atom is 0.254 e. The average Bonchev–Trinajstić information content (AvgIpc) is 2.87. The Balaban J connectivity index is 1.90. The lowest BCUT2D eigenvalue weighted by Gasteiger charge is -2.32. The van der Waals surface area contributed by atoms with E-state index in [9.17, 15) is 9.59 Å². The van der Waals surface area contributed by atoms with Crippen molar-refractivity contribution in [1.82, 2.24) is 15.1 Å². The highest BCUT2D eigenvalue weighted by atomic mass is 16.5. The Hall–Kier alpha value is -3.26. The number of nitrogens with one attached hydrogen (secondary N) is 1. The molecule has 0 radical (unpaired) electrons. The van der Waals surface area contributed by atoms with Crippen molar-refractivity contribution in [3.8, 4) is 17.2 Å². The SMILES string of the molecule is COc1cc(C(=O)N(CC(=O)N2CCNCC2)CC(C)c2ccccc2)cc(OC)c1OC. The third kappa shape index (κ3) is 5.96. The highest BCUT2D eigenvalue weighted by Gasteiger charge is 2.27. The van der Waals surface area contributed by atoms with E-state index in [1.54, 1.807) is 21.9 Å². The summed E-state index contributed by atoms with van der Waals surface area (Å²) in [6.45, 7) is 5.25. The molecular formula is C25H33N3O5. The summed E-state index contributed by atoms with van der Waals surface area (Å²) < 4.78 is 16.2. The van der Waals surface area contributed by atoms with E-state index >= 15 is 0 Å². The first-order valence-corrected chi connectivity index (χ1v) is 11.1. The van der Waals surface area contributed by atoms with E-state index in [-0.39, 0.29) is 24.3 Å². The van der Waals surface area contributed by atoms with Crippen LogP contribution >= 0.6 is 0 Å². The molecule has 0 bridgehead atoms. The number of amides is 2. The summed E-state index contributed by atoms with van der Waals surface area (Å²) in [4.78, 5) is 30.1. The second-order valence-electron chi connectivity index (χ2n) is 8.04. The van der Waals surface area contributed by atoms with Gasteiger partial charge in [-0.3, -0.25) is 9.59 Å². The Morgan fingerprint density at radius 1 is 1.00 bits per heavy atom. The van der Waals surface area contributed by atoms with Crippen LogP contribution in [0.25, 0.3) is 0 Å². The first kappa shape index (κ1) is 24.4. The predicted molar refractivity (Wildman–Crippen MR) is 126 cm³/mol. The number of rotatable bonds is 9. The van der Waals surface area contributed by atoms with Crippen molar-refractivity contribution < 1.29 is 23.8 Å². The minimum absolute atomic E-state index is 0.00661. The highest BCUT2D eigenvalue weighted by Crippen LogP contribution is 2.38. The summed E-state index contributed by atoms with van der Waals surface area (Å²) in [5.74, 6) is 0.929. The Bertz CT molecular complexity index is 919. The van der Waals surface area contributed by atoms with Crippen LogP contribution in [-0.2, 0) is 4.79 Å².